The lowest BCUT2D eigenvalue weighted by Gasteiger charge is -2.33. The first-order chi connectivity index (χ1) is 11.2. The molecule has 24 heavy (non-hydrogen) atoms. The van der Waals surface area contributed by atoms with E-state index in [9.17, 15) is 22.8 Å². The Bertz CT molecular complexity index is 677. The minimum atomic E-state index is -4.85. The number of nitrogens with zero attached hydrogens (tertiary/aromatic N) is 3. The highest BCUT2D eigenvalue weighted by atomic mass is 32.3. The van der Waals surface area contributed by atoms with Crippen molar-refractivity contribution in [1.82, 2.24) is 15.0 Å². The number of fused-ring (bicyclic) bond motifs is 2. The Labute approximate surface area is 138 Å². The Balaban J connectivity index is 1.71. The molecule has 3 fully saturated rings. The Kier molecular flexibility index (Phi) is 4.23. The fourth-order valence-electron chi connectivity index (χ4n) is 3.21. The molecule has 1 aliphatic carbocycles. The average molecular weight is 362 g/mol. The molecular weight excluding hydrogens is 344 g/mol. The van der Waals surface area contributed by atoms with Gasteiger partial charge in [-0.25, -0.2) is 15.6 Å². The Morgan fingerprint density at radius 1 is 1.21 bits per heavy atom. The van der Waals surface area contributed by atoms with Crippen LogP contribution in [0, 0.1) is 5.92 Å². The second-order valence-corrected chi connectivity index (χ2v) is 7.19. The quantitative estimate of drug-likeness (QED) is 0.213. The summed E-state index contributed by atoms with van der Waals surface area (Å²) < 4.78 is 34.7. The van der Waals surface area contributed by atoms with Crippen molar-refractivity contribution in [2.75, 3.05) is 6.54 Å². The van der Waals surface area contributed by atoms with Crippen molar-refractivity contribution in [1.29, 1.82) is 0 Å². The summed E-state index contributed by atoms with van der Waals surface area (Å²) in [5.41, 5.74) is 0. The third-order valence-corrected chi connectivity index (χ3v) is 5.06. The van der Waals surface area contributed by atoms with E-state index in [4.69, 9.17) is 10.4 Å². The largest absolute Gasteiger partial charge is 0.418 e. The van der Waals surface area contributed by atoms with E-state index in [2.05, 4.69) is 4.28 Å². The molecule has 12 heteroatoms. The number of hydrogen-bond donors (Lipinski definition) is 2. The number of nitrogens with two attached hydrogens (primary N) is 1. The van der Waals surface area contributed by atoms with Crippen LogP contribution in [0.4, 0.5) is 4.79 Å². The molecule has 3 aliphatic rings. The number of hydrogen-bond acceptors (Lipinski definition) is 7. The zero-order chi connectivity index (χ0) is 17.6. The molecule has 3 rings (SSSR count). The van der Waals surface area contributed by atoms with Crippen LogP contribution in [-0.2, 0) is 24.3 Å². The fraction of sp³-hybridized carbons (Fsp3) is 0.750. The molecule has 2 saturated heterocycles. The second-order valence-electron chi connectivity index (χ2n) is 6.18. The molecule has 3 N–H and O–H groups in total. The van der Waals surface area contributed by atoms with Crippen molar-refractivity contribution in [2.45, 2.75) is 44.2 Å². The lowest BCUT2D eigenvalue weighted by Crippen LogP contribution is -2.56. The van der Waals surface area contributed by atoms with Crippen LogP contribution < -0.4 is 5.84 Å². The molecule has 0 aromatic rings. The van der Waals surface area contributed by atoms with Crippen molar-refractivity contribution in [3.05, 3.63) is 0 Å². The van der Waals surface area contributed by atoms with Gasteiger partial charge in [0.1, 0.15) is 6.04 Å². The molecule has 0 radical (unpaired) electrons. The molecule has 2 bridgehead atoms. The number of piperidine rings is 1. The Hall–Kier alpha value is -1.76. The molecule has 0 aromatic carbocycles. The summed E-state index contributed by atoms with van der Waals surface area (Å²) in [6, 6.07) is -2.42. The van der Waals surface area contributed by atoms with Crippen molar-refractivity contribution in [3.8, 4) is 0 Å². The fourth-order valence-corrected chi connectivity index (χ4v) is 3.60. The standard InChI is InChI=1S/C12H18N4O7S/c13-15(10(17)7-2-1-3-7)11(18)9-5-4-8-6-14(9)12(19)16(8)23-24(20,21)22/h7-9H,1-6,13H2,(H,20,21,22)/t8-,9+/m1/s1. The van der Waals surface area contributed by atoms with Crippen molar-refractivity contribution in [3.63, 3.8) is 0 Å². The molecule has 0 spiro atoms. The van der Waals surface area contributed by atoms with Gasteiger partial charge >= 0.3 is 16.4 Å². The lowest BCUT2D eigenvalue weighted by atomic mass is 9.84. The second kappa shape index (κ2) is 5.95. The maximum Gasteiger partial charge on any atom is 0.418 e. The van der Waals surface area contributed by atoms with E-state index >= 15 is 0 Å². The van der Waals surface area contributed by atoms with Crippen LogP contribution in [-0.4, -0.2) is 64.4 Å². The summed E-state index contributed by atoms with van der Waals surface area (Å²) in [6.45, 7) is 0.0518. The van der Waals surface area contributed by atoms with E-state index in [-0.39, 0.29) is 25.3 Å². The summed E-state index contributed by atoms with van der Waals surface area (Å²) in [5.74, 6) is 4.20. The van der Waals surface area contributed by atoms with Gasteiger partial charge in [-0.2, -0.15) is 13.5 Å². The normalized spacial score (nSPS) is 27.2. The number of hydrazine groups is 1. The van der Waals surface area contributed by atoms with Gasteiger partial charge in [-0.1, -0.05) is 6.42 Å². The van der Waals surface area contributed by atoms with Gasteiger partial charge in [0.25, 0.3) is 5.91 Å². The van der Waals surface area contributed by atoms with E-state index in [1.807, 2.05) is 0 Å². The highest BCUT2D eigenvalue weighted by Gasteiger charge is 2.50. The van der Waals surface area contributed by atoms with Crippen LogP contribution in [0.15, 0.2) is 0 Å². The van der Waals surface area contributed by atoms with Crippen molar-refractivity contribution in [2.24, 2.45) is 11.8 Å². The predicted octanol–water partition coefficient (Wildman–Crippen LogP) is -0.982. The number of amides is 4. The summed E-state index contributed by atoms with van der Waals surface area (Å²) in [5, 5.41) is 1.10. The van der Waals surface area contributed by atoms with Crippen LogP contribution in [0.2, 0.25) is 0 Å². The van der Waals surface area contributed by atoms with E-state index in [0.717, 1.165) is 11.3 Å². The van der Waals surface area contributed by atoms with Gasteiger partial charge in [0.2, 0.25) is 5.91 Å². The summed E-state index contributed by atoms with van der Waals surface area (Å²) in [7, 11) is -4.85. The maximum absolute atomic E-state index is 12.5. The van der Waals surface area contributed by atoms with Gasteiger partial charge in [-0.3, -0.25) is 14.1 Å². The van der Waals surface area contributed by atoms with E-state index in [1.54, 1.807) is 0 Å². The van der Waals surface area contributed by atoms with Crippen LogP contribution >= 0.6 is 0 Å². The minimum absolute atomic E-state index is 0.0518. The number of carbonyl (C=O) groups excluding carboxylic acids is 3. The van der Waals surface area contributed by atoms with E-state index < -0.39 is 40.3 Å². The number of imide groups is 1. The first-order valence-corrected chi connectivity index (χ1v) is 8.95. The average Bonchev–Trinajstić information content (AvgIpc) is 2.68. The molecular formula is C12H18N4O7S. The molecule has 2 heterocycles. The highest BCUT2D eigenvalue weighted by molar-refractivity contribution is 7.80. The van der Waals surface area contributed by atoms with Gasteiger partial charge in [-0.05, 0) is 25.7 Å². The van der Waals surface area contributed by atoms with E-state index in [1.165, 1.54) is 0 Å². The molecule has 2 atom stereocenters. The SMILES string of the molecule is NN(C(=O)C1CCC1)C(=O)[C@@H]1CC[C@@H]2CN1C(=O)N2OS(=O)(=O)O. The Morgan fingerprint density at radius 2 is 1.88 bits per heavy atom. The van der Waals surface area contributed by atoms with Gasteiger partial charge in [-0.15, -0.1) is 4.28 Å². The molecule has 0 aromatic heterocycles. The van der Waals surface area contributed by atoms with Crippen LogP contribution in [0.3, 0.4) is 0 Å². The molecule has 11 nitrogen and oxygen atoms in total. The maximum atomic E-state index is 12.5. The molecule has 2 aliphatic heterocycles. The van der Waals surface area contributed by atoms with Crippen LogP contribution in [0.5, 0.6) is 0 Å². The summed E-state index contributed by atoms with van der Waals surface area (Å²) >= 11 is 0. The minimum Gasteiger partial charge on any atom is -0.309 e. The van der Waals surface area contributed by atoms with Crippen LogP contribution in [0.1, 0.15) is 32.1 Å². The predicted molar refractivity (Wildman–Crippen MR) is 76.8 cm³/mol. The first-order valence-electron chi connectivity index (χ1n) is 7.58. The molecule has 0 unspecified atom stereocenters. The summed E-state index contributed by atoms with van der Waals surface area (Å²) in [6.07, 6.45) is 2.78. The monoisotopic (exact) mass is 362 g/mol. The van der Waals surface area contributed by atoms with E-state index in [0.29, 0.717) is 22.9 Å². The molecule has 134 valence electrons. The third kappa shape index (κ3) is 2.97. The highest BCUT2D eigenvalue weighted by Crippen LogP contribution is 2.32. The number of hydroxylamine groups is 2. The van der Waals surface area contributed by atoms with Gasteiger partial charge in [0.05, 0.1) is 6.04 Å². The van der Waals surface area contributed by atoms with Gasteiger partial charge in [0, 0.05) is 12.5 Å². The number of carbonyl (C=O) groups is 3. The molecule has 1 saturated carbocycles. The van der Waals surface area contributed by atoms with Gasteiger partial charge < -0.3 is 4.90 Å². The smallest absolute Gasteiger partial charge is 0.309 e. The first kappa shape index (κ1) is 17.1. The van der Waals surface area contributed by atoms with Gasteiger partial charge in [0.15, 0.2) is 0 Å². The third-order valence-electron chi connectivity index (χ3n) is 4.71. The Morgan fingerprint density at radius 3 is 2.42 bits per heavy atom. The zero-order valence-corrected chi connectivity index (χ0v) is 13.5. The number of urea groups is 1. The van der Waals surface area contributed by atoms with Crippen molar-refractivity contribution < 1.29 is 31.6 Å². The zero-order valence-electron chi connectivity index (χ0n) is 12.7. The summed E-state index contributed by atoms with van der Waals surface area (Å²) in [4.78, 5) is 37.9. The number of rotatable bonds is 4. The van der Waals surface area contributed by atoms with Crippen molar-refractivity contribution >= 4 is 28.2 Å². The van der Waals surface area contributed by atoms with Crippen LogP contribution in [0.25, 0.3) is 0 Å². The topological polar surface area (TPSA) is 151 Å². The lowest BCUT2D eigenvalue weighted by molar-refractivity contribution is -0.152. The molecule has 4 amide bonds.